The Morgan fingerprint density at radius 1 is 1.08 bits per heavy atom. The standard InChI is InChI=1S/C28H21F2N5O4/c1-15-10-17(39-25-5-3-2-4-19(25)29)6-7-23(15)35-27(31)18(14-32-35)26(36)22-12-16-11-20(30)24(13-21(16)33-22)34-8-9-38-28(34)37/h2-7,10-14,33H,8-9,31H2,1H3. The Morgan fingerprint density at radius 2 is 1.90 bits per heavy atom. The molecule has 1 amide bonds. The zero-order valence-corrected chi connectivity index (χ0v) is 20.6. The number of H-pyrrole nitrogens is 1. The third-order valence-electron chi connectivity index (χ3n) is 6.50. The maximum absolute atomic E-state index is 14.7. The zero-order valence-electron chi connectivity index (χ0n) is 20.6. The number of nitrogen functional groups attached to an aromatic ring is 1. The van der Waals surface area contributed by atoms with Gasteiger partial charge >= 0.3 is 6.09 Å². The molecule has 3 heterocycles. The maximum atomic E-state index is 14.7. The van der Waals surface area contributed by atoms with Gasteiger partial charge in [-0.3, -0.25) is 9.69 Å². The number of amides is 1. The highest BCUT2D eigenvalue weighted by Gasteiger charge is 2.27. The average Bonchev–Trinajstić information content (AvgIpc) is 3.63. The number of hydrogen-bond donors (Lipinski definition) is 2. The van der Waals surface area contributed by atoms with E-state index in [9.17, 15) is 18.4 Å². The number of benzene rings is 3. The molecule has 0 spiro atoms. The second-order valence-corrected chi connectivity index (χ2v) is 9.01. The maximum Gasteiger partial charge on any atom is 0.414 e. The Hall–Kier alpha value is -5.19. The Kier molecular flexibility index (Phi) is 5.75. The summed E-state index contributed by atoms with van der Waals surface area (Å²) in [6.45, 7) is 2.22. The van der Waals surface area contributed by atoms with Crippen LogP contribution in [0.3, 0.4) is 0 Å². The molecule has 2 aromatic heterocycles. The van der Waals surface area contributed by atoms with E-state index in [2.05, 4.69) is 10.1 Å². The average molecular weight is 530 g/mol. The van der Waals surface area contributed by atoms with E-state index in [1.165, 1.54) is 46.1 Å². The molecule has 1 saturated heterocycles. The van der Waals surface area contributed by atoms with Crippen molar-refractivity contribution in [2.75, 3.05) is 23.8 Å². The highest BCUT2D eigenvalue weighted by Crippen LogP contribution is 2.31. The quantitative estimate of drug-likeness (QED) is 0.281. The molecule has 1 aliphatic rings. The Morgan fingerprint density at radius 3 is 2.64 bits per heavy atom. The topological polar surface area (TPSA) is 115 Å². The lowest BCUT2D eigenvalue weighted by molar-refractivity contribution is 0.103. The molecule has 11 heteroatoms. The lowest BCUT2D eigenvalue weighted by Crippen LogP contribution is -2.24. The molecule has 196 valence electrons. The van der Waals surface area contributed by atoms with Crippen LogP contribution in [0.4, 0.5) is 25.1 Å². The normalized spacial score (nSPS) is 13.2. The summed E-state index contributed by atoms with van der Waals surface area (Å²) in [6.07, 6.45) is 0.733. The number of para-hydroxylation sites is 1. The van der Waals surface area contributed by atoms with Gasteiger partial charge in [-0.2, -0.15) is 5.10 Å². The van der Waals surface area contributed by atoms with Crippen molar-refractivity contribution in [3.8, 4) is 17.2 Å². The van der Waals surface area contributed by atoms with Crippen LogP contribution in [0.2, 0.25) is 0 Å². The lowest BCUT2D eigenvalue weighted by atomic mass is 10.1. The molecule has 0 atom stereocenters. The van der Waals surface area contributed by atoms with Crippen molar-refractivity contribution < 1.29 is 27.8 Å². The van der Waals surface area contributed by atoms with Gasteiger partial charge in [0.1, 0.15) is 24.0 Å². The van der Waals surface area contributed by atoms with Crippen molar-refractivity contribution in [3.05, 3.63) is 95.3 Å². The number of aryl methyl sites for hydroxylation is 1. The van der Waals surface area contributed by atoms with Crippen LogP contribution in [0.25, 0.3) is 16.6 Å². The molecule has 3 N–H and O–H groups in total. The number of fused-ring (bicyclic) bond motifs is 1. The fourth-order valence-electron chi connectivity index (χ4n) is 4.54. The fourth-order valence-corrected chi connectivity index (χ4v) is 4.54. The van der Waals surface area contributed by atoms with Gasteiger partial charge < -0.3 is 20.2 Å². The summed E-state index contributed by atoms with van der Waals surface area (Å²) in [5.74, 6) is -0.888. The fraction of sp³-hybridized carbons (Fsp3) is 0.107. The highest BCUT2D eigenvalue weighted by molar-refractivity contribution is 6.12. The van der Waals surface area contributed by atoms with Gasteiger partial charge in [0.15, 0.2) is 11.6 Å². The van der Waals surface area contributed by atoms with Crippen molar-refractivity contribution in [2.45, 2.75) is 6.92 Å². The van der Waals surface area contributed by atoms with E-state index in [0.717, 1.165) is 5.56 Å². The molecule has 0 unspecified atom stereocenters. The number of aromatic amines is 1. The molecule has 3 aromatic carbocycles. The number of nitrogens with one attached hydrogen (secondary N) is 1. The summed E-state index contributed by atoms with van der Waals surface area (Å²) in [7, 11) is 0. The minimum atomic E-state index is -0.626. The predicted octanol–water partition coefficient (Wildman–Crippen LogP) is 5.50. The molecule has 1 fully saturated rings. The molecule has 9 nitrogen and oxygen atoms in total. The Labute approximate surface area is 220 Å². The third kappa shape index (κ3) is 4.23. The van der Waals surface area contributed by atoms with Crippen molar-refractivity contribution in [3.63, 3.8) is 0 Å². The van der Waals surface area contributed by atoms with Crippen LogP contribution in [0.5, 0.6) is 11.5 Å². The number of anilines is 2. The first-order chi connectivity index (χ1) is 18.8. The largest absolute Gasteiger partial charge is 0.454 e. The lowest BCUT2D eigenvalue weighted by Gasteiger charge is -2.13. The van der Waals surface area contributed by atoms with Gasteiger partial charge in [-0.25, -0.2) is 18.3 Å². The van der Waals surface area contributed by atoms with E-state index in [0.29, 0.717) is 22.3 Å². The monoisotopic (exact) mass is 529 g/mol. The number of ketones is 1. The van der Waals surface area contributed by atoms with Crippen LogP contribution >= 0.6 is 0 Å². The van der Waals surface area contributed by atoms with Gasteiger partial charge in [0.05, 0.1) is 35.4 Å². The summed E-state index contributed by atoms with van der Waals surface area (Å²) in [4.78, 5) is 29.4. The molecule has 0 radical (unpaired) electrons. The van der Waals surface area contributed by atoms with Crippen LogP contribution in [0.1, 0.15) is 21.6 Å². The predicted molar refractivity (Wildman–Crippen MR) is 140 cm³/mol. The Balaban J connectivity index is 1.28. The van der Waals surface area contributed by atoms with E-state index >= 15 is 0 Å². The van der Waals surface area contributed by atoms with E-state index < -0.39 is 23.5 Å². The van der Waals surface area contributed by atoms with Crippen molar-refractivity contribution >= 4 is 34.3 Å². The van der Waals surface area contributed by atoms with E-state index in [4.69, 9.17) is 15.2 Å². The molecule has 1 aliphatic heterocycles. The molecule has 5 aromatic rings. The summed E-state index contributed by atoms with van der Waals surface area (Å²) >= 11 is 0. The van der Waals surface area contributed by atoms with E-state index in [1.807, 2.05) is 6.92 Å². The van der Waals surface area contributed by atoms with Gasteiger partial charge in [0.2, 0.25) is 5.78 Å². The van der Waals surface area contributed by atoms with Crippen LogP contribution < -0.4 is 15.4 Å². The molecule has 0 bridgehead atoms. The van der Waals surface area contributed by atoms with Gasteiger partial charge in [-0.1, -0.05) is 12.1 Å². The zero-order chi connectivity index (χ0) is 27.3. The molecule has 0 aliphatic carbocycles. The summed E-state index contributed by atoms with van der Waals surface area (Å²) in [6, 6.07) is 15.4. The number of halogens is 2. The summed E-state index contributed by atoms with van der Waals surface area (Å²) in [5, 5.41) is 4.76. The number of ether oxygens (including phenoxy) is 2. The van der Waals surface area contributed by atoms with Crippen LogP contribution in [0.15, 0.2) is 66.9 Å². The van der Waals surface area contributed by atoms with E-state index in [1.54, 1.807) is 30.3 Å². The van der Waals surface area contributed by atoms with Gasteiger partial charge in [-0.15, -0.1) is 0 Å². The number of nitrogens with zero attached hydrogens (tertiary/aromatic N) is 3. The minimum absolute atomic E-state index is 0.0658. The first-order valence-corrected chi connectivity index (χ1v) is 12.0. The smallest absolute Gasteiger partial charge is 0.414 e. The second-order valence-electron chi connectivity index (χ2n) is 9.01. The number of cyclic esters (lactones) is 1. The van der Waals surface area contributed by atoms with E-state index in [-0.39, 0.29) is 41.7 Å². The number of carbonyl (C=O) groups is 2. The number of nitrogens with two attached hydrogens (primary N) is 1. The first-order valence-electron chi connectivity index (χ1n) is 12.0. The van der Waals surface area contributed by atoms with Gasteiger partial charge in [0.25, 0.3) is 0 Å². The second kappa shape index (κ2) is 9.28. The highest BCUT2D eigenvalue weighted by atomic mass is 19.1. The van der Waals surface area contributed by atoms with Crippen LogP contribution in [-0.2, 0) is 4.74 Å². The third-order valence-corrected chi connectivity index (χ3v) is 6.50. The number of hydrogen-bond acceptors (Lipinski definition) is 6. The van der Waals surface area contributed by atoms with Crippen LogP contribution in [0, 0.1) is 18.6 Å². The van der Waals surface area contributed by atoms with Gasteiger partial charge in [0, 0.05) is 10.9 Å². The molecule has 6 rings (SSSR count). The first kappa shape index (κ1) is 24.2. The van der Waals surface area contributed by atoms with Crippen LogP contribution in [-0.4, -0.2) is 39.8 Å². The van der Waals surface area contributed by atoms with Crippen molar-refractivity contribution in [2.24, 2.45) is 0 Å². The summed E-state index contributed by atoms with van der Waals surface area (Å²) < 4.78 is 40.7. The van der Waals surface area contributed by atoms with Crippen molar-refractivity contribution in [1.29, 1.82) is 0 Å². The number of carbonyl (C=O) groups excluding carboxylic acids is 2. The van der Waals surface area contributed by atoms with Gasteiger partial charge in [-0.05, 0) is 61.0 Å². The molecule has 39 heavy (non-hydrogen) atoms. The SMILES string of the molecule is Cc1cc(Oc2ccccc2F)ccc1-n1ncc(C(=O)c2cc3cc(F)c(N4CCOC4=O)cc3[nH]2)c1N. The molecular formula is C28H21F2N5O4. The van der Waals surface area contributed by atoms with Crippen molar-refractivity contribution in [1.82, 2.24) is 14.8 Å². The molecular weight excluding hydrogens is 508 g/mol. The minimum Gasteiger partial charge on any atom is -0.454 e. The molecule has 0 saturated carbocycles. The number of rotatable bonds is 6. The Bertz CT molecular complexity index is 1780. The summed E-state index contributed by atoms with van der Waals surface area (Å²) in [5.41, 5.74) is 8.54. The number of aromatic nitrogens is 3.